The molecule has 1 aromatic carbocycles. The second-order valence-electron chi connectivity index (χ2n) is 7.86. The molecule has 2 unspecified atom stereocenters. The molecule has 29 heavy (non-hydrogen) atoms. The molecule has 2 saturated heterocycles. The van der Waals surface area contributed by atoms with Crippen molar-refractivity contribution in [2.45, 2.75) is 39.0 Å². The summed E-state index contributed by atoms with van der Waals surface area (Å²) in [6.45, 7) is 9.30. The van der Waals surface area contributed by atoms with Crippen molar-refractivity contribution in [2.24, 2.45) is 4.99 Å². The van der Waals surface area contributed by atoms with Crippen LogP contribution in [-0.2, 0) is 17.7 Å². The molecular formula is C22H31N5O2. The molecule has 4 rings (SSSR count). The Balaban J connectivity index is 1.35. The quantitative estimate of drug-likeness (QED) is 0.615. The van der Waals surface area contributed by atoms with Gasteiger partial charge in [0.15, 0.2) is 5.96 Å². The highest BCUT2D eigenvalue weighted by atomic mass is 16.5. The number of nitrogens with one attached hydrogen (secondary N) is 1. The molecule has 0 amide bonds. The van der Waals surface area contributed by atoms with E-state index in [1.165, 1.54) is 11.1 Å². The molecule has 0 spiro atoms. The van der Waals surface area contributed by atoms with E-state index in [0.29, 0.717) is 6.04 Å². The minimum absolute atomic E-state index is 0.230. The number of fused-ring (bicyclic) bond motifs is 1. The molecule has 2 fully saturated rings. The van der Waals surface area contributed by atoms with Crippen molar-refractivity contribution in [1.29, 1.82) is 0 Å². The second kappa shape index (κ2) is 8.97. The number of aliphatic imine (C=N–C) groups is 1. The molecule has 3 heterocycles. The topological polar surface area (TPSA) is 66.1 Å². The first-order valence-corrected chi connectivity index (χ1v) is 10.4. The fraction of sp³-hybridized carbons (Fsp3) is 0.545. The summed E-state index contributed by atoms with van der Waals surface area (Å²) in [7, 11) is 1.85. The Morgan fingerprint density at radius 1 is 1.24 bits per heavy atom. The highest BCUT2D eigenvalue weighted by Gasteiger charge is 2.41. The number of morpholine rings is 1. The van der Waals surface area contributed by atoms with Crippen molar-refractivity contribution in [3.63, 3.8) is 0 Å². The van der Waals surface area contributed by atoms with Gasteiger partial charge in [-0.05, 0) is 25.8 Å². The van der Waals surface area contributed by atoms with E-state index < -0.39 is 0 Å². The first-order chi connectivity index (χ1) is 14.2. The molecule has 156 valence electrons. The van der Waals surface area contributed by atoms with Crippen LogP contribution in [0.1, 0.15) is 22.6 Å². The Labute approximate surface area is 172 Å². The van der Waals surface area contributed by atoms with Crippen LogP contribution in [0.4, 0.5) is 0 Å². The third-order valence-corrected chi connectivity index (χ3v) is 6.00. The van der Waals surface area contributed by atoms with Gasteiger partial charge in [0.05, 0.1) is 24.4 Å². The van der Waals surface area contributed by atoms with E-state index in [-0.39, 0.29) is 6.10 Å². The van der Waals surface area contributed by atoms with Crippen molar-refractivity contribution in [3.8, 4) is 0 Å². The minimum Gasteiger partial charge on any atom is -0.373 e. The van der Waals surface area contributed by atoms with Gasteiger partial charge >= 0.3 is 0 Å². The highest BCUT2D eigenvalue weighted by Crippen LogP contribution is 2.24. The van der Waals surface area contributed by atoms with E-state index in [4.69, 9.17) is 9.26 Å². The molecule has 7 heteroatoms. The lowest BCUT2D eigenvalue weighted by atomic mass is 10.1. The van der Waals surface area contributed by atoms with Crippen LogP contribution in [0, 0.1) is 13.8 Å². The van der Waals surface area contributed by atoms with Crippen LogP contribution in [0.2, 0.25) is 0 Å². The molecule has 0 radical (unpaired) electrons. The molecule has 0 bridgehead atoms. The van der Waals surface area contributed by atoms with Gasteiger partial charge in [-0.1, -0.05) is 35.5 Å². The SMILES string of the molecule is CN=C(NCCc1c(C)noc1C)N1CC2OCCN(Cc3ccccc3)C2C1. The third kappa shape index (κ3) is 4.46. The number of hydrogen-bond donors (Lipinski definition) is 1. The number of aromatic nitrogens is 1. The lowest BCUT2D eigenvalue weighted by Crippen LogP contribution is -2.50. The van der Waals surface area contributed by atoms with Crippen molar-refractivity contribution in [1.82, 2.24) is 20.3 Å². The number of rotatable bonds is 5. The average Bonchev–Trinajstić information content (AvgIpc) is 3.31. The van der Waals surface area contributed by atoms with Gasteiger partial charge in [-0.25, -0.2) is 0 Å². The first-order valence-electron chi connectivity index (χ1n) is 10.4. The predicted molar refractivity (Wildman–Crippen MR) is 113 cm³/mol. The normalized spacial score (nSPS) is 22.7. The fourth-order valence-electron chi connectivity index (χ4n) is 4.44. The first kappa shape index (κ1) is 19.9. The molecule has 2 aliphatic heterocycles. The second-order valence-corrected chi connectivity index (χ2v) is 7.86. The molecule has 0 saturated carbocycles. The molecule has 2 aromatic rings. The lowest BCUT2D eigenvalue weighted by molar-refractivity contribution is -0.0502. The number of guanidine groups is 1. The highest BCUT2D eigenvalue weighted by molar-refractivity contribution is 5.80. The van der Waals surface area contributed by atoms with Crippen LogP contribution in [0.3, 0.4) is 0 Å². The van der Waals surface area contributed by atoms with Gasteiger partial charge in [-0.3, -0.25) is 9.89 Å². The summed E-state index contributed by atoms with van der Waals surface area (Å²) in [5, 5.41) is 7.55. The van der Waals surface area contributed by atoms with E-state index >= 15 is 0 Å². The molecule has 1 N–H and O–H groups in total. The van der Waals surface area contributed by atoms with Crippen LogP contribution in [0.25, 0.3) is 0 Å². The maximum absolute atomic E-state index is 6.10. The monoisotopic (exact) mass is 397 g/mol. The summed E-state index contributed by atoms with van der Waals surface area (Å²) >= 11 is 0. The van der Waals surface area contributed by atoms with Crippen molar-refractivity contribution < 1.29 is 9.26 Å². The minimum atomic E-state index is 0.230. The zero-order valence-electron chi connectivity index (χ0n) is 17.6. The Bertz CT molecular complexity index is 815. The van der Waals surface area contributed by atoms with Crippen molar-refractivity contribution in [2.75, 3.05) is 39.8 Å². The predicted octanol–water partition coefficient (Wildman–Crippen LogP) is 1.99. The molecule has 2 atom stereocenters. The van der Waals surface area contributed by atoms with Crippen LogP contribution >= 0.6 is 0 Å². The van der Waals surface area contributed by atoms with E-state index in [9.17, 15) is 0 Å². The van der Waals surface area contributed by atoms with Gasteiger partial charge in [-0.15, -0.1) is 0 Å². The van der Waals surface area contributed by atoms with Crippen LogP contribution in [-0.4, -0.2) is 72.9 Å². The van der Waals surface area contributed by atoms with Crippen LogP contribution in [0.5, 0.6) is 0 Å². The summed E-state index contributed by atoms with van der Waals surface area (Å²) in [5.41, 5.74) is 3.51. The summed E-state index contributed by atoms with van der Waals surface area (Å²) in [6, 6.07) is 11.1. The van der Waals surface area contributed by atoms with Gasteiger partial charge in [-0.2, -0.15) is 0 Å². The van der Waals surface area contributed by atoms with E-state index in [0.717, 1.165) is 63.2 Å². The Morgan fingerprint density at radius 3 is 2.79 bits per heavy atom. The molecular weight excluding hydrogens is 366 g/mol. The van der Waals surface area contributed by atoms with Crippen LogP contribution < -0.4 is 5.32 Å². The molecule has 0 aliphatic carbocycles. The van der Waals surface area contributed by atoms with Gasteiger partial charge < -0.3 is 19.5 Å². The number of likely N-dealkylation sites (tertiary alicyclic amines) is 1. The summed E-state index contributed by atoms with van der Waals surface area (Å²) in [6.07, 6.45) is 1.10. The summed E-state index contributed by atoms with van der Waals surface area (Å²) in [4.78, 5) is 9.40. The van der Waals surface area contributed by atoms with Gasteiger partial charge in [0.25, 0.3) is 0 Å². The zero-order valence-corrected chi connectivity index (χ0v) is 17.6. The standard InChI is InChI=1S/C22H31N5O2/c1-16-19(17(2)29-25-16)9-10-24-22(23-3)27-14-20-21(15-27)28-12-11-26(20)13-18-7-5-4-6-8-18/h4-8,20-21H,9-15H2,1-3H3,(H,23,24). The summed E-state index contributed by atoms with van der Waals surface area (Å²) in [5.74, 6) is 1.84. The molecule has 1 aromatic heterocycles. The average molecular weight is 398 g/mol. The van der Waals surface area contributed by atoms with E-state index in [2.05, 4.69) is 55.6 Å². The molecule has 7 nitrogen and oxygen atoms in total. The Morgan fingerprint density at radius 2 is 2.07 bits per heavy atom. The van der Waals surface area contributed by atoms with Crippen molar-refractivity contribution >= 4 is 5.96 Å². The fourth-order valence-corrected chi connectivity index (χ4v) is 4.44. The number of benzene rings is 1. The number of aryl methyl sites for hydroxylation is 2. The zero-order chi connectivity index (χ0) is 20.2. The number of hydrogen-bond acceptors (Lipinski definition) is 5. The lowest BCUT2D eigenvalue weighted by Gasteiger charge is -2.36. The third-order valence-electron chi connectivity index (χ3n) is 6.00. The maximum atomic E-state index is 6.10. The van der Waals surface area contributed by atoms with E-state index in [1.54, 1.807) is 0 Å². The van der Waals surface area contributed by atoms with E-state index in [1.807, 2.05) is 20.9 Å². The Kier molecular flexibility index (Phi) is 6.16. The van der Waals surface area contributed by atoms with Gasteiger partial charge in [0.1, 0.15) is 5.76 Å². The maximum Gasteiger partial charge on any atom is 0.193 e. The summed E-state index contributed by atoms with van der Waals surface area (Å²) < 4.78 is 11.4. The van der Waals surface area contributed by atoms with Gasteiger partial charge in [0, 0.05) is 45.3 Å². The van der Waals surface area contributed by atoms with Crippen LogP contribution in [0.15, 0.2) is 39.8 Å². The Hall–Kier alpha value is -2.38. The molecule has 2 aliphatic rings. The number of nitrogens with zero attached hydrogens (tertiary/aromatic N) is 4. The van der Waals surface area contributed by atoms with Crippen molar-refractivity contribution in [3.05, 3.63) is 52.9 Å². The largest absolute Gasteiger partial charge is 0.373 e. The van der Waals surface area contributed by atoms with Gasteiger partial charge in [0.2, 0.25) is 0 Å². The number of ether oxygens (including phenoxy) is 1. The smallest absolute Gasteiger partial charge is 0.193 e.